The van der Waals surface area contributed by atoms with E-state index >= 15 is 0 Å². The second-order valence-electron chi connectivity index (χ2n) is 6.31. The van der Waals surface area contributed by atoms with Crippen LogP contribution in [-0.2, 0) is 0 Å². The van der Waals surface area contributed by atoms with Gasteiger partial charge in [-0.1, -0.05) is 60.7 Å². The normalized spacial score (nSPS) is 16.4. The smallest absolute Gasteiger partial charge is 0.0602 e. The van der Waals surface area contributed by atoms with E-state index in [0.717, 1.165) is 5.92 Å². The molecule has 21 heavy (non-hydrogen) atoms. The molecule has 0 bridgehead atoms. The Morgan fingerprint density at radius 1 is 0.905 bits per heavy atom. The van der Waals surface area contributed by atoms with Gasteiger partial charge >= 0.3 is 0 Å². The van der Waals surface area contributed by atoms with Gasteiger partial charge in [0.05, 0.1) is 6.04 Å². The third kappa shape index (κ3) is 3.34. The van der Waals surface area contributed by atoms with Crippen molar-refractivity contribution in [2.45, 2.75) is 6.04 Å². The molecule has 0 amide bonds. The van der Waals surface area contributed by atoms with E-state index in [2.05, 4.69) is 84.6 Å². The van der Waals surface area contributed by atoms with Crippen LogP contribution in [0.3, 0.4) is 0 Å². The Bertz CT molecular complexity index is 505. The van der Waals surface area contributed by atoms with Gasteiger partial charge in [0.2, 0.25) is 0 Å². The van der Waals surface area contributed by atoms with Crippen LogP contribution in [0.1, 0.15) is 17.2 Å². The quantitative estimate of drug-likeness (QED) is 0.829. The summed E-state index contributed by atoms with van der Waals surface area (Å²) in [5, 5.41) is 0. The van der Waals surface area contributed by atoms with Gasteiger partial charge in [-0.05, 0) is 31.1 Å². The highest BCUT2D eigenvalue weighted by atomic mass is 15.2. The Hall–Kier alpha value is -1.64. The fraction of sp³-hybridized carbons (Fsp3) is 0.368. The van der Waals surface area contributed by atoms with Gasteiger partial charge < -0.3 is 4.90 Å². The van der Waals surface area contributed by atoms with Crippen LogP contribution in [0.2, 0.25) is 0 Å². The summed E-state index contributed by atoms with van der Waals surface area (Å²) < 4.78 is 0. The topological polar surface area (TPSA) is 6.48 Å². The molecule has 2 heteroatoms. The number of likely N-dealkylation sites (tertiary alicyclic amines) is 1. The van der Waals surface area contributed by atoms with Crippen LogP contribution in [0.15, 0.2) is 60.7 Å². The maximum Gasteiger partial charge on any atom is 0.0602 e. The molecule has 2 nitrogen and oxygen atoms in total. The molecule has 1 saturated heterocycles. The molecule has 0 N–H and O–H groups in total. The molecule has 110 valence electrons. The minimum Gasteiger partial charge on any atom is -0.309 e. The molecule has 0 saturated carbocycles. The predicted molar refractivity (Wildman–Crippen MR) is 88.3 cm³/mol. The summed E-state index contributed by atoms with van der Waals surface area (Å²) in [6, 6.07) is 22.1. The first-order valence-electron chi connectivity index (χ1n) is 7.72. The number of rotatable bonds is 5. The van der Waals surface area contributed by atoms with Gasteiger partial charge in [0.1, 0.15) is 0 Å². The van der Waals surface area contributed by atoms with E-state index < -0.39 is 0 Å². The zero-order valence-corrected chi connectivity index (χ0v) is 12.9. The second-order valence-corrected chi connectivity index (χ2v) is 6.31. The van der Waals surface area contributed by atoms with Crippen LogP contribution >= 0.6 is 0 Å². The van der Waals surface area contributed by atoms with Crippen molar-refractivity contribution < 1.29 is 0 Å². The van der Waals surface area contributed by atoms with Gasteiger partial charge in [-0.15, -0.1) is 0 Å². The third-order valence-electron chi connectivity index (χ3n) is 4.20. The molecule has 0 unspecified atom stereocenters. The first kappa shape index (κ1) is 14.3. The van der Waals surface area contributed by atoms with Gasteiger partial charge in [0.15, 0.2) is 0 Å². The van der Waals surface area contributed by atoms with E-state index in [1.807, 2.05) is 0 Å². The number of hydrogen-bond donors (Lipinski definition) is 0. The Labute approximate surface area is 128 Å². The lowest BCUT2D eigenvalue weighted by atomic mass is 9.90. The maximum atomic E-state index is 2.60. The van der Waals surface area contributed by atoms with Gasteiger partial charge in [-0.2, -0.15) is 0 Å². The second kappa shape index (κ2) is 6.42. The lowest BCUT2D eigenvalue weighted by Crippen LogP contribution is -2.52. The summed E-state index contributed by atoms with van der Waals surface area (Å²) >= 11 is 0. The molecule has 1 heterocycles. The summed E-state index contributed by atoms with van der Waals surface area (Å²) in [6.45, 7) is 3.56. The molecule has 1 fully saturated rings. The fourth-order valence-electron chi connectivity index (χ4n) is 3.34. The summed E-state index contributed by atoms with van der Waals surface area (Å²) in [5.41, 5.74) is 2.79. The van der Waals surface area contributed by atoms with Crippen molar-refractivity contribution in [2.75, 3.05) is 33.7 Å². The van der Waals surface area contributed by atoms with Crippen molar-refractivity contribution in [1.29, 1.82) is 0 Å². The van der Waals surface area contributed by atoms with Crippen molar-refractivity contribution in [3.05, 3.63) is 71.8 Å². The molecule has 3 rings (SSSR count). The fourth-order valence-corrected chi connectivity index (χ4v) is 3.34. The number of nitrogens with zero attached hydrogens (tertiary/aromatic N) is 2. The largest absolute Gasteiger partial charge is 0.309 e. The molecule has 2 aromatic carbocycles. The summed E-state index contributed by atoms with van der Waals surface area (Å²) in [6.07, 6.45) is 0. The van der Waals surface area contributed by atoms with Gasteiger partial charge in [0.25, 0.3) is 0 Å². The zero-order valence-electron chi connectivity index (χ0n) is 12.9. The number of hydrogen-bond acceptors (Lipinski definition) is 2. The van der Waals surface area contributed by atoms with E-state index in [1.54, 1.807) is 0 Å². The highest BCUT2D eigenvalue weighted by Gasteiger charge is 2.33. The third-order valence-corrected chi connectivity index (χ3v) is 4.20. The molecule has 0 atom stereocenters. The van der Waals surface area contributed by atoms with Crippen molar-refractivity contribution in [3.8, 4) is 0 Å². The Balaban J connectivity index is 1.79. The van der Waals surface area contributed by atoms with E-state index in [-0.39, 0.29) is 0 Å². The molecular formula is C19H24N2. The molecular weight excluding hydrogens is 256 g/mol. The van der Waals surface area contributed by atoms with Crippen LogP contribution in [0.5, 0.6) is 0 Å². The molecule has 1 aliphatic rings. The molecule has 0 spiro atoms. The summed E-state index contributed by atoms with van der Waals surface area (Å²) in [7, 11) is 4.32. The van der Waals surface area contributed by atoms with E-state index in [1.165, 1.54) is 30.8 Å². The van der Waals surface area contributed by atoms with Gasteiger partial charge in [-0.25, -0.2) is 0 Å². The number of benzene rings is 2. The van der Waals surface area contributed by atoms with E-state index in [9.17, 15) is 0 Å². The van der Waals surface area contributed by atoms with Crippen molar-refractivity contribution in [2.24, 2.45) is 5.92 Å². The molecule has 0 aliphatic carbocycles. The lowest BCUT2D eigenvalue weighted by molar-refractivity contribution is 0.0525. The van der Waals surface area contributed by atoms with Crippen LogP contribution in [0.4, 0.5) is 0 Å². The first-order chi connectivity index (χ1) is 10.2. The Kier molecular flexibility index (Phi) is 4.37. The van der Waals surface area contributed by atoms with Crippen LogP contribution < -0.4 is 0 Å². The van der Waals surface area contributed by atoms with Crippen LogP contribution in [0, 0.1) is 5.92 Å². The van der Waals surface area contributed by atoms with Crippen LogP contribution in [0.25, 0.3) is 0 Å². The predicted octanol–water partition coefficient (Wildman–Crippen LogP) is 3.27. The minimum absolute atomic E-state index is 0.394. The highest BCUT2D eigenvalue weighted by molar-refractivity contribution is 5.32. The average Bonchev–Trinajstić information content (AvgIpc) is 2.47. The monoisotopic (exact) mass is 280 g/mol. The zero-order chi connectivity index (χ0) is 14.7. The highest BCUT2D eigenvalue weighted by Crippen LogP contribution is 2.34. The summed E-state index contributed by atoms with van der Waals surface area (Å²) in [4.78, 5) is 4.89. The Morgan fingerprint density at radius 2 is 1.38 bits per heavy atom. The standard InChI is InChI=1S/C19H24N2/c1-20(2)13-16-14-21(15-16)19(17-9-5-3-6-10-17)18-11-7-4-8-12-18/h3-12,16,19H,13-15H2,1-2H3. The van der Waals surface area contributed by atoms with Crippen molar-refractivity contribution in [3.63, 3.8) is 0 Å². The van der Waals surface area contributed by atoms with E-state index in [0.29, 0.717) is 6.04 Å². The molecule has 2 aromatic rings. The van der Waals surface area contributed by atoms with Crippen molar-refractivity contribution in [1.82, 2.24) is 9.80 Å². The molecule has 1 aliphatic heterocycles. The van der Waals surface area contributed by atoms with Gasteiger partial charge in [-0.3, -0.25) is 4.90 Å². The van der Waals surface area contributed by atoms with Crippen LogP contribution in [-0.4, -0.2) is 43.5 Å². The average molecular weight is 280 g/mol. The Morgan fingerprint density at radius 3 is 1.81 bits per heavy atom. The van der Waals surface area contributed by atoms with Gasteiger partial charge in [0, 0.05) is 19.6 Å². The minimum atomic E-state index is 0.394. The van der Waals surface area contributed by atoms with Crippen molar-refractivity contribution >= 4 is 0 Å². The SMILES string of the molecule is CN(C)CC1CN(C(c2ccccc2)c2ccccc2)C1. The molecule has 0 aromatic heterocycles. The lowest BCUT2D eigenvalue weighted by Gasteiger charge is -2.45. The van der Waals surface area contributed by atoms with E-state index in [4.69, 9.17) is 0 Å². The maximum absolute atomic E-state index is 2.60. The first-order valence-corrected chi connectivity index (χ1v) is 7.72. The summed E-state index contributed by atoms with van der Waals surface area (Å²) in [5.74, 6) is 0.801. The molecule has 0 radical (unpaired) electrons.